The number of carbonyl (C=O) groups excluding carboxylic acids is 2. The number of rotatable bonds is 9. The molecular weight excluding hydrogens is 484 g/mol. The number of nitrogens with two attached hydrogens (primary N) is 1. The smallest absolute Gasteiger partial charge is 0.433 e. The highest BCUT2D eigenvalue weighted by atomic mass is 35.5. The number of hydrogen-bond acceptors (Lipinski definition) is 6. The zero-order chi connectivity index (χ0) is 26.1. The predicted octanol–water partition coefficient (Wildman–Crippen LogP) is 4.92. The lowest BCUT2D eigenvalue weighted by Crippen LogP contribution is -2.51. The van der Waals surface area contributed by atoms with Gasteiger partial charge < -0.3 is 14.4 Å². The van der Waals surface area contributed by atoms with Gasteiger partial charge in [0.05, 0.1) is 7.11 Å². The summed E-state index contributed by atoms with van der Waals surface area (Å²) in [4.78, 5) is 33.5. The Morgan fingerprint density at radius 1 is 1.31 bits per heavy atom. The van der Waals surface area contributed by atoms with E-state index in [9.17, 15) is 9.59 Å². The van der Waals surface area contributed by atoms with Crippen molar-refractivity contribution in [2.24, 2.45) is 17.7 Å². The van der Waals surface area contributed by atoms with E-state index in [1.54, 1.807) is 4.90 Å². The molecule has 10 heteroatoms. The third-order valence-corrected chi connectivity index (χ3v) is 7.36. The van der Waals surface area contributed by atoms with Crippen LogP contribution in [-0.4, -0.2) is 73.6 Å². The van der Waals surface area contributed by atoms with Crippen LogP contribution in [0.25, 0.3) is 0 Å². The maximum absolute atomic E-state index is 13.2. The number of hydrogen-bond donors (Lipinski definition) is 1. The van der Waals surface area contributed by atoms with Gasteiger partial charge in [-0.15, -0.1) is 0 Å². The summed E-state index contributed by atoms with van der Waals surface area (Å²) in [6.07, 6.45) is 4.75. The topological polar surface area (TPSA) is 97.6 Å². The van der Waals surface area contributed by atoms with Crippen LogP contribution >= 0.6 is 11.6 Å². The third kappa shape index (κ3) is 7.71. The summed E-state index contributed by atoms with van der Waals surface area (Å²) in [5, 5.41) is 3.14. The molecule has 0 radical (unpaired) electrons. The first-order valence-electron chi connectivity index (χ1n) is 13.0. The van der Waals surface area contributed by atoms with Gasteiger partial charge >= 0.3 is 12.1 Å². The van der Waals surface area contributed by atoms with Crippen LogP contribution in [0.2, 0.25) is 5.02 Å². The predicted molar refractivity (Wildman–Crippen MR) is 138 cm³/mol. The van der Waals surface area contributed by atoms with Crippen LogP contribution in [0.1, 0.15) is 62.7 Å². The summed E-state index contributed by atoms with van der Waals surface area (Å²) >= 11 is 6.33. The van der Waals surface area contributed by atoms with Gasteiger partial charge in [-0.05, 0) is 81.5 Å². The first-order valence-corrected chi connectivity index (χ1v) is 13.4. The Morgan fingerprint density at radius 3 is 2.81 bits per heavy atom. The minimum Gasteiger partial charge on any atom is -0.451 e. The fourth-order valence-corrected chi connectivity index (χ4v) is 5.27. The second-order valence-corrected chi connectivity index (χ2v) is 10.2. The van der Waals surface area contributed by atoms with Crippen LogP contribution in [0, 0.1) is 18.8 Å². The average molecular weight is 525 g/mol. The van der Waals surface area contributed by atoms with Gasteiger partial charge in [-0.1, -0.05) is 17.7 Å². The van der Waals surface area contributed by atoms with E-state index in [-0.39, 0.29) is 11.9 Å². The quantitative estimate of drug-likeness (QED) is 0.279. The van der Waals surface area contributed by atoms with E-state index in [1.165, 1.54) is 23.6 Å². The Morgan fingerprint density at radius 2 is 2.11 bits per heavy atom. The number of nitrogens with zero attached hydrogens (tertiary/aromatic N) is 3. The van der Waals surface area contributed by atoms with Gasteiger partial charge in [0, 0.05) is 50.3 Å². The molecule has 0 bridgehead atoms. The SMILES string of the molecule is CCN(O[C@@H](c1cc(Cl)ccc1C)C1CCCN(C(=O)N(N)CCCC2CCCOC2)C1)C(=O)OC. The number of benzene rings is 1. The van der Waals surface area contributed by atoms with Crippen molar-refractivity contribution in [2.75, 3.05) is 46.5 Å². The van der Waals surface area contributed by atoms with E-state index >= 15 is 0 Å². The molecule has 2 heterocycles. The van der Waals surface area contributed by atoms with Gasteiger partial charge in [-0.2, -0.15) is 5.06 Å². The zero-order valence-corrected chi connectivity index (χ0v) is 22.5. The van der Waals surface area contributed by atoms with Crippen molar-refractivity contribution >= 4 is 23.7 Å². The molecule has 9 nitrogen and oxygen atoms in total. The number of carbonyl (C=O) groups is 2. The molecule has 0 saturated carbocycles. The number of halogens is 1. The Kier molecular flexibility index (Phi) is 11.1. The third-order valence-electron chi connectivity index (χ3n) is 7.12. The first-order chi connectivity index (χ1) is 17.3. The monoisotopic (exact) mass is 524 g/mol. The number of urea groups is 1. The lowest BCUT2D eigenvalue weighted by molar-refractivity contribution is -0.193. The number of hydroxylamine groups is 2. The highest BCUT2D eigenvalue weighted by Crippen LogP contribution is 2.36. The first kappa shape index (κ1) is 28.5. The van der Waals surface area contributed by atoms with Gasteiger partial charge in [0.25, 0.3) is 0 Å². The lowest BCUT2D eigenvalue weighted by atomic mass is 9.87. The molecule has 202 valence electrons. The van der Waals surface area contributed by atoms with Crippen LogP contribution < -0.4 is 5.84 Å². The van der Waals surface area contributed by atoms with Crippen molar-refractivity contribution in [3.8, 4) is 0 Å². The fourth-order valence-electron chi connectivity index (χ4n) is 5.09. The molecule has 3 rings (SSSR count). The highest BCUT2D eigenvalue weighted by Gasteiger charge is 2.35. The maximum Gasteiger partial charge on any atom is 0.433 e. The molecular formula is C26H41ClN4O5. The normalized spacial score (nSPS) is 21.1. The Labute approximate surface area is 219 Å². The van der Waals surface area contributed by atoms with Crippen LogP contribution in [0.3, 0.4) is 0 Å². The summed E-state index contributed by atoms with van der Waals surface area (Å²) in [6.45, 7) is 7.40. The van der Waals surface area contributed by atoms with Crippen molar-refractivity contribution in [1.82, 2.24) is 15.0 Å². The van der Waals surface area contributed by atoms with E-state index in [1.807, 2.05) is 32.0 Å². The second kappa shape index (κ2) is 14.0. The van der Waals surface area contributed by atoms with E-state index in [2.05, 4.69) is 0 Å². The molecule has 2 unspecified atom stereocenters. The van der Waals surface area contributed by atoms with Crippen molar-refractivity contribution in [3.63, 3.8) is 0 Å². The summed E-state index contributed by atoms with van der Waals surface area (Å²) in [6, 6.07) is 5.46. The molecule has 0 aromatic heterocycles. The Hall–Kier alpha value is -2.07. The average Bonchev–Trinajstić information content (AvgIpc) is 2.90. The van der Waals surface area contributed by atoms with Crippen LogP contribution in [0.15, 0.2) is 18.2 Å². The molecule has 0 aliphatic carbocycles. The van der Waals surface area contributed by atoms with Crippen molar-refractivity contribution < 1.29 is 23.9 Å². The van der Waals surface area contributed by atoms with Gasteiger partial charge in [-0.25, -0.2) is 15.4 Å². The number of likely N-dealkylation sites (tertiary alicyclic amines) is 1. The Balaban J connectivity index is 1.68. The molecule has 2 aliphatic rings. The summed E-state index contributed by atoms with van der Waals surface area (Å²) in [7, 11) is 1.33. The van der Waals surface area contributed by atoms with Crippen molar-refractivity contribution in [1.29, 1.82) is 0 Å². The highest BCUT2D eigenvalue weighted by molar-refractivity contribution is 6.30. The molecule has 2 N–H and O–H groups in total. The standard InChI is InChI=1S/C26H41ClN4O5/c1-4-31(26(33)34-3)36-24(23-16-22(27)12-11-19(23)2)21-10-6-13-29(17-21)25(32)30(28)14-5-8-20-9-7-15-35-18-20/h11-12,16,20-21,24H,4-10,13-15,17-18,28H2,1-3H3/t20?,21?,24-/m1/s1. The van der Waals surface area contributed by atoms with Gasteiger partial charge in [-0.3, -0.25) is 9.85 Å². The number of methoxy groups -OCH3 is 1. The molecule has 2 saturated heterocycles. The molecule has 3 atom stereocenters. The molecule has 1 aromatic rings. The number of piperidine rings is 1. The second-order valence-electron chi connectivity index (χ2n) is 9.74. The van der Waals surface area contributed by atoms with Gasteiger partial charge in [0.15, 0.2) is 0 Å². The maximum atomic E-state index is 13.2. The van der Waals surface area contributed by atoms with Gasteiger partial charge in [0.2, 0.25) is 0 Å². The minimum absolute atomic E-state index is 0.0497. The Bertz CT molecular complexity index is 867. The number of ether oxygens (including phenoxy) is 2. The van der Waals surface area contributed by atoms with Crippen molar-refractivity contribution in [3.05, 3.63) is 34.3 Å². The van der Waals surface area contributed by atoms with E-state index in [0.29, 0.717) is 37.1 Å². The van der Waals surface area contributed by atoms with E-state index in [0.717, 1.165) is 56.4 Å². The molecule has 2 aliphatic heterocycles. The number of aryl methyl sites for hydroxylation is 1. The number of hydrazine groups is 1. The molecule has 0 spiro atoms. The largest absolute Gasteiger partial charge is 0.451 e. The van der Waals surface area contributed by atoms with E-state index in [4.69, 9.17) is 31.8 Å². The van der Waals surface area contributed by atoms with Gasteiger partial charge in [0.1, 0.15) is 6.10 Å². The summed E-state index contributed by atoms with van der Waals surface area (Å²) in [5.74, 6) is 6.70. The lowest BCUT2D eigenvalue weighted by Gasteiger charge is -2.39. The summed E-state index contributed by atoms with van der Waals surface area (Å²) < 4.78 is 10.4. The summed E-state index contributed by atoms with van der Waals surface area (Å²) in [5.41, 5.74) is 1.89. The molecule has 36 heavy (non-hydrogen) atoms. The van der Waals surface area contributed by atoms with Crippen LogP contribution in [0.5, 0.6) is 0 Å². The molecule has 1 aromatic carbocycles. The molecule has 3 amide bonds. The van der Waals surface area contributed by atoms with Crippen molar-refractivity contribution in [2.45, 2.75) is 58.5 Å². The minimum atomic E-state index is -0.567. The zero-order valence-electron chi connectivity index (χ0n) is 21.8. The van der Waals surface area contributed by atoms with Crippen LogP contribution in [-0.2, 0) is 14.3 Å². The molecule has 2 fully saturated rings. The van der Waals surface area contributed by atoms with Crippen LogP contribution in [0.4, 0.5) is 9.59 Å². The fraction of sp³-hybridized carbons (Fsp3) is 0.692. The number of amides is 3. The van der Waals surface area contributed by atoms with E-state index < -0.39 is 12.2 Å².